The molecule has 0 heterocycles. The third-order valence-electron chi connectivity index (χ3n) is 10.4. The van der Waals surface area contributed by atoms with Crippen LogP contribution in [0, 0.1) is 29.1 Å². The quantitative estimate of drug-likeness (QED) is 0.0523. The Hall–Kier alpha value is -2.63. The van der Waals surface area contributed by atoms with E-state index in [1.165, 1.54) is 32.4 Å². The van der Waals surface area contributed by atoms with Crippen LogP contribution in [0.1, 0.15) is 73.6 Å². The monoisotopic (exact) mass is 602 g/mol. The average Bonchev–Trinajstić information content (AvgIpc) is 3.35. The van der Waals surface area contributed by atoms with Crippen LogP contribution in [0.3, 0.4) is 0 Å². The number of allylic oxidation sites excluding steroid dienone is 3. The number of aliphatic hydroxyl groups excluding tert-OH is 1. The molecule has 0 radical (unpaired) electrons. The molecule has 4 aliphatic carbocycles. The van der Waals surface area contributed by atoms with Crippen molar-refractivity contribution >= 4 is 17.7 Å². The van der Waals surface area contributed by atoms with Gasteiger partial charge in [-0.05, 0) is 37.0 Å². The number of ketones is 1. The molecule has 0 spiro atoms. The van der Waals surface area contributed by atoms with Crippen molar-refractivity contribution in [2.75, 3.05) is 6.61 Å². The molecule has 0 bridgehead atoms. The largest absolute Gasteiger partial charge is 0.455 e. The zero-order valence-corrected chi connectivity index (χ0v) is 25.9. The standard InChI is InChI=1S/C33H46O10/c1-7-8-9-10-11-12-13-14-15-24(36)41-29-20(3)32(39)23-16-19(2)28(37)31(23,38)17-22(18-34)26(43-40)25(32)27-30(5,6)33(27,29)42-21(4)35/h12-17,20,23,25-27,29,34,38-40H,7-11,18H2,1-6H3/b13-12+,15-14+. The molecule has 2 fully saturated rings. The van der Waals surface area contributed by atoms with Crippen LogP contribution in [-0.4, -0.2) is 73.9 Å². The van der Waals surface area contributed by atoms with Gasteiger partial charge in [0, 0.05) is 42.1 Å². The molecule has 0 saturated heterocycles. The summed E-state index contributed by atoms with van der Waals surface area (Å²) < 4.78 is 12.0. The van der Waals surface area contributed by atoms with Crippen molar-refractivity contribution in [3.63, 3.8) is 0 Å². The number of hydrogen-bond acceptors (Lipinski definition) is 10. The van der Waals surface area contributed by atoms with Gasteiger partial charge in [-0.15, -0.1) is 0 Å². The van der Waals surface area contributed by atoms with Gasteiger partial charge in [-0.3, -0.25) is 14.8 Å². The van der Waals surface area contributed by atoms with Gasteiger partial charge in [0.15, 0.2) is 17.0 Å². The molecule has 10 nitrogen and oxygen atoms in total. The second-order valence-corrected chi connectivity index (χ2v) is 13.2. The van der Waals surface area contributed by atoms with Crippen LogP contribution in [0.4, 0.5) is 0 Å². The zero-order valence-electron chi connectivity index (χ0n) is 25.9. The van der Waals surface area contributed by atoms with E-state index in [2.05, 4.69) is 6.92 Å². The molecular formula is C33H46O10. The van der Waals surface area contributed by atoms with E-state index < -0.39 is 82.4 Å². The SMILES string of the molecule is CCCCCC/C=C/C=C/C(=O)OC1C(C)C2(O)C(C(OO)C(CO)=CC3(O)C(=O)C(C)=CC32)C2C(C)(C)C12OC(C)=O. The summed E-state index contributed by atoms with van der Waals surface area (Å²) in [5.74, 6) is -6.16. The third-order valence-corrected chi connectivity index (χ3v) is 10.4. The molecule has 238 valence electrons. The van der Waals surface area contributed by atoms with Gasteiger partial charge in [-0.25, -0.2) is 9.68 Å². The molecule has 0 aromatic rings. The summed E-state index contributed by atoms with van der Waals surface area (Å²) in [7, 11) is 0. The zero-order chi connectivity index (χ0) is 32.0. The molecule has 0 aromatic carbocycles. The number of carbonyl (C=O) groups is 3. The predicted molar refractivity (Wildman–Crippen MR) is 156 cm³/mol. The molecule has 4 aliphatic rings. The van der Waals surface area contributed by atoms with Crippen molar-refractivity contribution in [3.05, 3.63) is 47.6 Å². The number of carbonyl (C=O) groups excluding carboxylic acids is 3. The van der Waals surface area contributed by atoms with Gasteiger partial charge in [0.1, 0.15) is 12.2 Å². The fourth-order valence-electron chi connectivity index (χ4n) is 8.41. The normalized spacial score (nSPS) is 39.4. The lowest BCUT2D eigenvalue weighted by atomic mass is 9.58. The number of fused-ring (bicyclic) bond motifs is 5. The predicted octanol–water partition coefficient (Wildman–Crippen LogP) is 3.60. The number of unbranched alkanes of at least 4 members (excludes halogenated alkanes) is 4. The molecule has 9 unspecified atom stereocenters. The Labute approximate surface area is 253 Å². The van der Waals surface area contributed by atoms with Gasteiger partial charge in [-0.2, -0.15) is 0 Å². The minimum absolute atomic E-state index is 0.00106. The molecule has 9 atom stereocenters. The first kappa shape index (κ1) is 33.3. The topological polar surface area (TPSA) is 160 Å². The van der Waals surface area contributed by atoms with E-state index in [1.54, 1.807) is 32.9 Å². The summed E-state index contributed by atoms with van der Waals surface area (Å²) in [5, 5.41) is 45.0. The van der Waals surface area contributed by atoms with E-state index in [1.807, 2.05) is 6.08 Å². The summed E-state index contributed by atoms with van der Waals surface area (Å²) in [6.07, 6.45) is 12.0. The number of rotatable bonds is 11. The molecule has 10 heteroatoms. The first-order chi connectivity index (χ1) is 20.2. The Balaban J connectivity index is 1.77. The van der Waals surface area contributed by atoms with Crippen molar-refractivity contribution in [2.24, 2.45) is 29.1 Å². The van der Waals surface area contributed by atoms with E-state index >= 15 is 0 Å². The lowest BCUT2D eigenvalue weighted by Gasteiger charge is -2.54. The Morgan fingerprint density at radius 2 is 1.81 bits per heavy atom. The van der Waals surface area contributed by atoms with Crippen molar-refractivity contribution in [1.29, 1.82) is 0 Å². The second-order valence-electron chi connectivity index (χ2n) is 13.2. The van der Waals surface area contributed by atoms with Crippen molar-refractivity contribution < 1.29 is 49.3 Å². The first-order valence-corrected chi connectivity index (χ1v) is 15.2. The number of hydrogen-bond donors (Lipinski definition) is 4. The highest BCUT2D eigenvalue weighted by molar-refractivity contribution is 6.06. The third kappa shape index (κ3) is 5.05. The van der Waals surface area contributed by atoms with Crippen LogP contribution in [0.25, 0.3) is 0 Å². The number of esters is 2. The summed E-state index contributed by atoms with van der Waals surface area (Å²) in [6, 6.07) is 0. The summed E-state index contributed by atoms with van der Waals surface area (Å²) in [5.41, 5.74) is -6.43. The number of Topliss-reactive ketones (excluding diaryl/α,β-unsaturated/α-hetero) is 1. The second kappa shape index (κ2) is 12.0. The smallest absolute Gasteiger partial charge is 0.331 e. The maximum Gasteiger partial charge on any atom is 0.331 e. The van der Waals surface area contributed by atoms with Crippen molar-refractivity contribution in [3.8, 4) is 0 Å². The number of ether oxygens (including phenoxy) is 2. The molecular weight excluding hydrogens is 556 g/mol. The summed E-state index contributed by atoms with van der Waals surface area (Å²) >= 11 is 0. The highest BCUT2D eigenvalue weighted by atomic mass is 17.1. The van der Waals surface area contributed by atoms with E-state index in [0.717, 1.165) is 31.8 Å². The van der Waals surface area contributed by atoms with E-state index in [9.17, 15) is 35.0 Å². The van der Waals surface area contributed by atoms with Gasteiger partial charge in [-0.1, -0.05) is 71.3 Å². The average molecular weight is 603 g/mol. The Kier molecular flexibility index (Phi) is 9.32. The van der Waals surface area contributed by atoms with Crippen LogP contribution in [0.2, 0.25) is 0 Å². The maximum absolute atomic E-state index is 13.3. The van der Waals surface area contributed by atoms with Gasteiger partial charge in [0.2, 0.25) is 0 Å². The Morgan fingerprint density at radius 3 is 2.42 bits per heavy atom. The van der Waals surface area contributed by atoms with E-state index in [-0.39, 0.29) is 11.1 Å². The molecule has 2 saturated carbocycles. The van der Waals surface area contributed by atoms with Crippen LogP contribution < -0.4 is 0 Å². The maximum atomic E-state index is 13.3. The van der Waals surface area contributed by atoms with E-state index in [4.69, 9.17) is 14.4 Å². The van der Waals surface area contributed by atoms with Crippen LogP contribution in [-0.2, 0) is 28.7 Å². The fourth-order valence-corrected chi connectivity index (χ4v) is 8.41. The van der Waals surface area contributed by atoms with Gasteiger partial charge < -0.3 is 24.8 Å². The van der Waals surface area contributed by atoms with Gasteiger partial charge in [0.05, 0.1) is 12.2 Å². The lowest BCUT2D eigenvalue weighted by molar-refractivity contribution is -0.313. The van der Waals surface area contributed by atoms with Gasteiger partial charge >= 0.3 is 11.9 Å². The van der Waals surface area contributed by atoms with Crippen LogP contribution in [0.5, 0.6) is 0 Å². The van der Waals surface area contributed by atoms with Crippen molar-refractivity contribution in [2.45, 2.75) is 103 Å². The highest BCUT2D eigenvalue weighted by Gasteiger charge is 2.89. The summed E-state index contributed by atoms with van der Waals surface area (Å²) in [4.78, 5) is 43.9. The minimum Gasteiger partial charge on any atom is -0.455 e. The van der Waals surface area contributed by atoms with E-state index in [0.29, 0.717) is 0 Å². The Morgan fingerprint density at radius 1 is 1.12 bits per heavy atom. The molecule has 0 amide bonds. The van der Waals surface area contributed by atoms with Crippen LogP contribution >= 0.6 is 0 Å². The Bertz CT molecular complexity index is 1250. The lowest BCUT2D eigenvalue weighted by Crippen LogP contribution is -2.68. The minimum atomic E-state index is -2.26. The summed E-state index contributed by atoms with van der Waals surface area (Å²) in [6.45, 7) is 9.43. The van der Waals surface area contributed by atoms with Crippen LogP contribution in [0.15, 0.2) is 47.6 Å². The number of aliphatic hydroxyl groups is 3. The fraction of sp³-hybridized carbons (Fsp3) is 0.667. The van der Waals surface area contributed by atoms with Crippen molar-refractivity contribution in [1.82, 2.24) is 0 Å². The first-order valence-electron chi connectivity index (χ1n) is 15.2. The highest BCUT2D eigenvalue weighted by Crippen LogP contribution is 2.77. The molecule has 4 N–H and O–H groups in total. The molecule has 4 rings (SSSR count). The molecule has 43 heavy (non-hydrogen) atoms. The molecule has 0 aromatic heterocycles. The molecule has 0 aliphatic heterocycles. The van der Waals surface area contributed by atoms with Gasteiger partial charge in [0.25, 0.3) is 0 Å².